The summed E-state index contributed by atoms with van der Waals surface area (Å²) in [6.45, 7) is -1.76. The van der Waals surface area contributed by atoms with Crippen LogP contribution >= 0.6 is 6.89 Å². The second kappa shape index (κ2) is 17.5. The van der Waals surface area contributed by atoms with Gasteiger partial charge in [0.05, 0.1) is 6.61 Å². The predicted molar refractivity (Wildman–Crippen MR) is 223 cm³/mol. The highest BCUT2D eigenvalue weighted by atomic mass is 31.2. The van der Waals surface area contributed by atoms with Crippen LogP contribution in [0.15, 0.2) is 182 Å². The van der Waals surface area contributed by atoms with Crippen molar-refractivity contribution >= 4 is 51.9 Å². The summed E-state index contributed by atoms with van der Waals surface area (Å²) in [4.78, 5) is 61.4. The summed E-state index contributed by atoms with van der Waals surface area (Å²) in [5.41, 5.74) is -0.0344. The lowest BCUT2D eigenvalue weighted by atomic mass is 9.84. The molecule has 6 aromatic carbocycles. The molecule has 0 aromatic heterocycles. The third-order valence-electron chi connectivity index (χ3n) is 10.1. The second-order valence-electron chi connectivity index (χ2n) is 13.6. The van der Waals surface area contributed by atoms with E-state index in [1.807, 2.05) is 158 Å². The number of carbonyl (C=O) groups excluding carboxylic acids is 4. The van der Waals surface area contributed by atoms with Gasteiger partial charge in [0.25, 0.3) is 0 Å². The molecule has 0 N–H and O–H groups in total. The summed E-state index contributed by atoms with van der Waals surface area (Å²) in [5.74, 6) is -2.25. The minimum atomic E-state index is -3.36. The molecule has 7 rings (SSSR count). The minimum absolute atomic E-state index is 0.000793. The number of rotatable bonds is 13. The number of carbonyl (C=O) groups is 4. The average molecular weight is 776 g/mol. The zero-order valence-corrected chi connectivity index (χ0v) is 32.4. The smallest absolute Gasteiger partial charge is 0.414 e. The van der Waals surface area contributed by atoms with Crippen LogP contribution in [0, 0.1) is 0 Å². The van der Waals surface area contributed by atoms with E-state index in [-0.39, 0.29) is 24.9 Å². The summed E-state index contributed by atoms with van der Waals surface area (Å²) in [6, 6.07) is 55.7. The Morgan fingerprint density at radius 3 is 1.53 bits per heavy atom. The fourth-order valence-electron chi connectivity index (χ4n) is 7.57. The van der Waals surface area contributed by atoms with Gasteiger partial charge in [-0.15, -0.1) is 0 Å². The molecule has 0 bridgehead atoms. The van der Waals surface area contributed by atoms with Gasteiger partial charge in [0.15, 0.2) is 11.3 Å². The van der Waals surface area contributed by atoms with Crippen molar-refractivity contribution in [2.75, 3.05) is 6.61 Å². The van der Waals surface area contributed by atoms with Gasteiger partial charge in [0.2, 0.25) is 6.23 Å². The third-order valence-corrected chi connectivity index (χ3v) is 14.4. The van der Waals surface area contributed by atoms with Gasteiger partial charge in [-0.25, -0.2) is 14.4 Å². The van der Waals surface area contributed by atoms with Crippen LogP contribution in [0.4, 0.5) is 4.79 Å². The topological polar surface area (TPSA) is 99.2 Å². The number of cyclic esters (lactones) is 1. The lowest BCUT2D eigenvalue weighted by Crippen LogP contribution is -2.56. The molecule has 6 aromatic rings. The zero-order chi connectivity index (χ0) is 39.7. The average Bonchev–Trinajstić information content (AvgIpc) is 3.54. The molecule has 1 aliphatic heterocycles. The van der Waals surface area contributed by atoms with Crippen molar-refractivity contribution < 1.29 is 33.4 Å². The molecule has 0 radical (unpaired) electrons. The van der Waals surface area contributed by atoms with Crippen molar-refractivity contribution in [3.63, 3.8) is 0 Å². The molecule has 286 valence electrons. The Kier molecular flexibility index (Phi) is 11.9. The van der Waals surface area contributed by atoms with Crippen LogP contribution < -0.4 is 15.9 Å². The van der Waals surface area contributed by atoms with Gasteiger partial charge in [-0.3, -0.25) is 9.69 Å². The van der Waals surface area contributed by atoms with Crippen molar-refractivity contribution in [2.45, 2.75) is 38.1 Å². The Hall–Kier alpha value is -6.50. The first-order chi connectivity index (χ1) is 27.9. The van der Waals surface area contributed by atoms with E-state index in [1.54, 1.807) is 31.2 Å². The van der Waals surface area contributed by atoms with E-state index < -0.39 is 48.9 Å². The van der Waals surface area contributed by atoms with E-state index in [4.69, 9.17) is 14.2 Å². The monoisotopic (exact) mass is 775 g/mol. The molecule has 9 heteroatoms. The lowest BCUT2D eigenvalue weighted by Gasteiger charge is -2.37. The summed E-state index contributed by atoms with van der Waals surface area (Å²) in [5, 5.41) is 2.12. The van der Waals surface area contributed by atoms with E-state index in [1.165, 1.54) is 4.90 Å². The van der Waals surface area contributed by atoms with Crippen LogP contribution in [0.1, 0.15) is 36.3 Å². The first-order valence-corrected chi connectivity index (χ1v) is 20.6. The maximum absolute atomic E-state index is 15.8. The van der Waals surface area contributed by atoms with Crippen molar-refractivity contribution in [1.82, 2.24) is 4.90 Å². The van der Waals surface area contributed by atoms with Crippen molar-refractivity contribution in [3.05, 3.63) is 199 Å². The van der Waals surface area contributed by atoms with Gasteiger partial charge in [-0.2, -0.15) is 0 Å². The van der Waals surface area contributed by atoms with E-state index in [0.717, 1.165) is 21.5 Å². The molecule has 1 amide bonds. The number of ether oxygens (including phenoxy) is 3. The molecular weight excluding hydrogens is 734 g/mol. The molecule has 0 aliphatic carbocycles. The van der Waals surface area contributed by atoms with Crippen LogP contribution in [0.25, 0.3) is 0 Å². The highest BCUT2D eigenvalue weighted by molar-refractivity contribution is 7.97. The first-order valence-electron chi connectivity index (χ1n) is 18.8. The molecule has 0 saturated carbocycles. The molecule has 1 heterocycles. The Balaban J connectivity index is 1.50. The summed E-state index contributed by atoms with van der Waals surface area (Å²) in [7, 11) is 0. The number of esters is 2. The molecule has 1 aliphatic rings. The number of hydrogen-bond donors (Lipinski definition) is 0. The van der Waals surface area contributed by atoms with Gasteiger partial charge >= 0.3 is 18.0 Å². The third kappa shape index (κ3) is 7.82. The fourth-order valence-corrected chi connectivity index (χ4v) is 11.9. The van der Waals surface area contributed by atoms with Gasteiger partial charge in [-0.1, -0.05) is 182 Å². The molecule has 0 unspecified atom stereocenters. The van der Waals surface area contributed by atoms with Crippen LogP contribution in [0.5, 0.6) is 0 Å². The van der Waals surface area contributed by atoms with Crippen molar-refractivity contribution in [1.29, 1.82) is 0 Å². The molecule has 1 fully saturated rings. The van der Waals surface area contributed by atoms with Gasteiger partial charge in [0, 0.05) is 18.4 Å². The number of nitrogens with zero attached hydrogens (tertiary/aromatic N) is 1. The molecule has 57 heavy (non-hydrogen) atoms. The number of amides is 1. The van der Waals surface area contributed by atoms with Crippen molar-refractivity contribution in [2.24, 2.45) is 0 Å². The van der Waals surface area contributed by atoms with E-state index in [0.29, 0.717) is 11.1 Å². The minimum Gasteiger partial charge on any atom is -0.462 e. The lowest BCUT2D eigenvalue weighted by molar-refractivity contribution is -0.147. The largest absolute Gasteiger partial charge is 0.462 e. The molecular formula is C48H42NO7P. The second-order valence-corrected chi connectivity index (χ2v) is 17.0. The van der Waals surface area contributed by atoms with Crippen LogP contribution in [0.2, 0.25) is 0 Å². The molecule has 1 saturated heterocycles. The number of benzene rings is 6. The summed E-state index contributed by atoms with van der Waals surface area (Å²) >= 11 is 0. The zero-order valence-electron chi connectivity index (χ0n) is 31.5. The number of ketones is 1. The fraction of sp³-hybridized carbons (Fsp3) is 0.146. The van der Waals surface area contributed by atoms with Gasteiger partial charge in [0.1, 0.15) is 11.9 Å². The highest BCUT2D eigenvalue weighted by Gasteiger charge is 2.60. The van der Waals surface area contributed by atoms with E-state index in [9.17, 15) is 14.4 Å². The van der Waals surface area contributed by atoms with Crippen LogP contribution in [-0.4, -0.2) is 46.2 Å². The Labute approximate surface area is 332 Å². The Bertz CT molecular complexity index is 2270. The van der Waals surface area contributed by atoms with E-state index in [2.05, 4.69) is 0 Å². The standard InChI is InChI=1S/C48H42NO7P/c1-2-54-45(51)43(57(39-27-15-6-16-28-39,40-29-17-7-18-30-40)41-31-19-8-20-32-41)42(50)34-48(33-36-21-9-3-10-22-36)46(52)56-44(38-25-13-5-14-26-38)49(48)47(53)55-35-37-23-11-4-12-24-37/h3-32,44H,2,33-35H2,1H3/t44-,48+/m0/s1. The van der Waals surface area contributed by atoms with Crippen LogP contribution in [-0.2, 0) is 41.6 Å². The normalized spacial score (nSPS) is 16.3. The molecule has 2 atom stereocenters. The van der Waals surface area contributed by atoms with Crippen LogP contribution in [0.3, 0.4) is 0 Å². The number of hydrogen-bond acceptors (Lipinski definition) is 7. The maximum Gasteiger partial charge on any atom is 0.414 e. The molecule has 8 nitrogen and oxygen atoms in total. The summed E-state index contributed by atoms with van der Waals surface area (Å²) < 4.78 is 17.9. The predicted octanol–water partition coefficient (Wildman–Crippen LogP) is 7.55. The highest BCUT2D eigenvalue weighted by Crippen LogP contribution is 2.49. The van der Waals surface area contributed by atoms with Gasteiger partial charge in [-0.05, 0) is 40.9 Å². The maximum atomic E-state index is 15.8. The molecule has 0 spiro atoms. The van der Waals surface area contributed by atoms with E-state index >= 15 is 4.79 Å². The van der Waals surface area contributed by atoms with Gasteiger partial charge < -0.3 is 14.2 Å². The quantitative estimate of drug-likeness (QED) is 0.0517. The Morgan fingerprint density at radius 2 is 1.05 bits per heavy atom. The Morgan fingerprint density at radius 1 is 0.614 bits per heavy atom. The first kappa shape index (κ1) is 38.8. The summed E-state index contributed by atoms with van der Waals surface area (Å²) in [6.07, 6.45) is -2.80. The SMILES string of the molecule is CCOC(=O)C(C(=O)C[C@]1(Cc2ccccc2)C(=O)O[C@@H](c2ccccc2)N1C(=O)OCc1ccccc1)=P(c1ccccc1)(c1ccccc1)c1ccccc1. The number of Topliss-reactive ketones (excluding diaryl/α,β-unsaturated/α-hetero) is 1. The van der Waals surface area contributed by atoms with Crippen molar-refractivity contribution in [3.8, 4) is 0 Å².